The van der Waals surface area contributed by atoms with Crippen molar-refractivity contribution in [1.29, 1.82) is 0 Å². The number of ether oxygens (including phenoxy) is 1. The fourth-order valence-corrected chi connectivity index (χ4v) is 1.30. The molecular weight excluding hydrogens is 260 g/mol. The van der Waals surface area contributed by atoms with Gasteiger partial charge in [-0.25, -0.2) is 9.59 Å². The highest BCUT2D eigenvalue weighted by Crippen LogP contribution is 2.15. The monoisotopic (exact) mass is 278 g/mol. The van der Waals surface area contributed by atoms with E-state index in [1.807, 2.05) is 19.9 Å². The molecule has 1 aromatic carbocycles. The fourth-order valence-electron chi connectivity index (χ4n) is 1.30. The number of carbonyl (C=O) groups excluding carboxylic acids is 1. The van der Waals surface area contributed by atoms with Gasteiger partial charge < -0.3 is 20.5 Å². The van der Waals surface area contributed by atoms with E-state index in [1.165, 1.54) is 0 Å². The molecule has 2 amide bonds. The van der Waals surface area contributed by atoms with Gasteiger partial charge in [0.2, 0.25) is 0 Å². The first-order valence-corrected chi connectivity index (χ1v) is 6.10. The van der Waals surface area contributed by atoms with Crippen molar-refractivity contribution in [2.75, 3.05) is 18.5 Å². The van der Waals surface area contributed by atoms with Gasteiger partial charge in [0.05, 0.1) is 0 Å². The zero-order valence-corrected chi connectivity index (χ0v) is 11.5. The number of carboxylic acids is 1. The summed E-state index contributed by atoms with van der Waals surface area (Å²) < 4.78 is 4.98. The maximum atomic E-state index is 11.5. The fraction of sp³-hybridized carbons (Fsp3) is 0.286. The maximum absolute atomic E-state index is 11.5. The molecule has 0 bridgehead atoms. The topological polar surface area (TPSA) is 87.7 Å². The highest BCUT2D eigenvalue weighted by molar-refractivity contribution is 5.89. The molecule has 0 saturated carbocycles. The van der Waals surface area contributed by atoms with Crippen LogP contribution in [-0.2, 0) is 4.79 Å². The SMILES string of the molecule is CC(C)=CCNC(=O)Nc1ccc(OCC(=O)O)cc1. The lowest BCUT2D eigenvalue weighted by molar-refractivity contribution is -0.139. The zero-order valence-electron chi connectivity index (χ0n) is 11.5. The number of carboxylic acid groups (broad SMARTS) is 1. The van der Waals surface area contributed by atoms with Gasteiger partial charge in [-0.2, -0.15) is 0 Å². The lowest BCUT2D eigenvalue weighted by atomic mass is 10.3. The van der Waals surface area contributed by atoms with Crippen LogP contribution < -0.4 is 15.4 Å². The Bertz CT molecular complexity index is 490. The number of aliphatic carboxylic acids is 1. The number of anilines is 1. The van der Waals surface area contributed by atoms with Crippen molar-refractivity contribution in [3.05, 3.63) is 35.9 Å². The Hall–Kier alpha value is -2.50. The van der Waals surface area contributed by atoms with E-state index in [-0.39, 0.29) is 6.03 Å². The molecule has 0 spiro atoms. The maximum Gasteiger partial charge on any atom is 0.341 e. The molecule has 0 aliphatic rings. The molecule has 1 aromatic rings. The predicted octanol–water partition coefficient (Wildman–Crippen LogP) is 2.24. The number of hydrogen-bond donors (Lipinski definition) is 3. The van der Waals surface area contributed by atoms with Gasteiger partial charge in [-0.05, 0) is 38.1 Å². The molecule has 0 fully saturated rings. The van der Waals surface area contributed by atoms with Crippen molar-refractivity contribution < 1.29 is 19.4 Å². The van der Waals surface area contributed by atoms with Gasteiger partial charge in [-0.15, -0.1) is 0 Å². The lowest BCUT2D eigenvalue weighted by Crippen LogP contribution is -2.28. The molecule has 0 aliphatic heterocycles. The van der Waals surface area contributed by atoms with Gasteiger partial charge in [0.1, 0.15) is 5.75 Å². The first-order chi connectivity index (χ1) is 9.47. The van der Waals surface area contributed by atoms with Crippen molar-refractivity contribution in [2.45, 2.75) is 13.8 Å². The standard InChI is InChI=1S/C14H18N2O4/c1-10(2)7-8-15-14(19)16-11-3-5-12(6-4-11)20-9-13(17)18/h3-7H,8-9H2,1-2H3,(H,17,18)(H2,15,16,19). The van der Waals surface area contributed by atoms with Crippen LogP contribution in [0.25, 0.3) is 0 Å². The molecule has 1 rings (SSSR count). The largest absolute Gasteiger partial charge is 0.482 e. The number of allylic oxidation sites excluding steroid dienone is 1. The number of carbonyl (C=O) groups is 2. The molecule has 0 atom stereocenters. The molecule has 0 aromatic heterocycles. The number of hydrogen-bond acceptors (Lipinski definition) is 3. The number of benzene rings is 1. The summed E-state index contributed by atoms with van der Waals surface area (Å²) in [4.78, 5) is 21.9. The summed E-state index contributed by atoms with van der Waals surface area (Å²) in [5.41, 5.74) is 1.73. The number of urea groups is 1. The molecule has 0 heterocycles. The van der Waals surface area contributed by atoms with Crippen LogP contribution in [0.2, 0.25) is 0 Å². The Balaban J connectivity index is 2.42. The summed E-state index contributed by atoms with van der Waals surface area (Å²) in [5.74, 6) is -0.603. The van der Waals surface area contributed by atoms with E-state index >= 15 is 0 Å². The van der Waals surface area contributed by atoms with Crippen molar-refractivity contribution in [1.82, 2.24) is 5.32 Å². The van der Waals surface area contributed by atoms with Crippen LogP contribution >= 0.6 is 0 Å². The Labute approximate surface area is 117 Å². The highest BCUT2D eigenvalue weighted by atomic mass is 16.5. The molecule has 108 valence electrons. The third kappa shape index (κ3) is 6.44. The number of rotatable bonds is 6. The van der Waals surface area contributed by atoms with Crippen LogP contribution in [0, 0.1) is 0 Å². The molecule has 0 saturated heterocycles. The molecule has 3 N–H and O–H groups in total. The normalized spacial score (nSPS) is 9.50. The summed E-state index contributed by atoms with van der Waals surface area (Å²) in [5, 5.41) is 13.8. The van der Waals surface area contributed by atoms with Crippen LogP contribution in [0.4, 0.5) is 10.5 Å². The van der Waals surface area contributed by atoms with Gasteiger partial charge in [-0.1, -0.05) is 11.6 Å². The molecule has 0 radical (unpaired) electrons. The molecule has 0 unspecified atom stereocenters. The van der Waals surface area contributed by atoms with Gasteiger partial charge in [0, 0.05) is 12.2 Å². The van der Waals surface area contributed by atoms with Gasteiger partial charge in [-0.3, -0.25) is 0 Å². The minimum atomic E-state index is -1.04. The average Bonchev–Trinajstić information content (AvgIpc) is 2.37. The summed E-state index contributed by atoms with van der Waals surface area (Å²) in [7, 11) is 0. The highest BCUT2D eigenvalue weighted by Gasteiger charge is 2.02. The summed E-state index contributed by atoms with van der Waals surface area (Å²) in [6.07, 6.45) is 1.91. The van der Waals surface area contributed by atoms with E-state index in [2.05, 4.69) is 10.6 Å². The van der Waals surface area contributed by atoms with Crippen molar-refractivity contribution in [3.8, 4) is 5.75 Å². The van der Waals surface area contributed by atoms with E-state index in [1.54, 1.807) is 24.3 Å². The van der Waals surface area contributed by atoms with E-state index in [0.29, 0.717) is 18.0 Å². The zero-order chi connectivity index (χ0) is 15.0. The number of nitrogens with one attached hydrogen (secondary N) is 2. The van der Waals surface area contributed by atoms with Crippen LogP contribution in [0.1, 0.15) is 13.8 Å². The summed E-state index contributed by atoms with van der Waals surface area (Å²) >= 11 is 0. The van der Waals surface area contributed by atoms with Gasteiger partial charge >= 0.3 is 12.0 Å². The van der Waals surface area contributed by atoms with E-state index < -0.39 is 12.6 Å². The molecule has 0 aliphatic carbocycles. The van der Waals surface area contributed by atoms with Gasteiger partial charge in [0.25, 0.3) is 0 Å². The first kappa shape index (κ1) is 15.6. The van der Waals surface area contributed by atoms with Gasteiger partial charge in [0.15, 0.2) is 6.61 Å². The third-order valence-corrected chi connectivity index (χ3v) is 2.25. The lowest BCUT2D eigenvalue weighted by Gasteiger charge is -2.07. The van der Waals surface area contributed by atoms with E-state index in [9.17, 15) is 9.59 Å². The molecule has 6 nitrogen and oxygen atoms in total. The Morgan fingerprint density at radius 3 is 2.45 bits per heavy atom. The predicted molar refractivity (Wildman–Crippen MR) is 76.0 cm³/mol. The third-order valence-electron chi connectivity index (χ3n) is 2.25. The minimum absolute atomic E-state index is 0.304. The minimum Gasteiger partial charge on any atom is -0.482 e. The van der Waals surface area contributed by atoms with Crippen molar-refractivity contribution >= 4 is 17.7 Å². The summed E-state index contributed by atoms with van der Waals surface area (Å²) in [6.45, 7) is 3.98. The quantitative estimate of drug-likeness (QED) is 0.696. The van der Waals surface area contributed by atoms with Crippen molar-refractivity contribution in [2.24, 2.45) is 0 Å². The van der Waals surface area contributed by atoms with Crippen LogP contribution in [0.3, 0.4) is 0 Å². The molecular formula is C14H18N2O4. The second-order valence-electron chi connectivity index (χ2n) is 4.32. The Kier molecular flexibility index (Phi) is 6.09. The summed E-state index contributed by atoms with van der Waals surface area (Å²) in [6, 6.07) is 6.15. The molecule has 20 heavy (non-hydrogen) atoms. The van der Waals surface area contributed by atoms with E-state index in [0.717, 1.165) is 5.57 Å². The van der Waals surface area contributed by atoms with Crippen molar-refractivity contribution in [3.63, 3.8) is 0 Å². The van der Waals surface area contributed by atoms with Crippen LogP contribution in [0.15, 0.2) is 35.9 Å². The smallest absolute Gasteiger partial charge is 0.341 e. The van der Waals surface area contributed by atoms with E-state index in [4.69, 9.17) is 9.84 Å². The molecule has 6 heteroatoms. The Morgan fingerprint density at radius 2 is 1.90 bits per heavy atom. The Morgan fingerprint density at radius 1 is 1.25 bits per heavy atom. The average molecular weight is 278 g/mol. The number of amides is 2. The second kappa shape index (κ2) is 7.83. The second-order valence-corrected chi connectivity index (χ2v) is 4.32. The first-order valence-electron chi connectivity index (χ1n) is 6.10. The van der Waals surface area contributed by atoms with Crippen LogP contribution in [-0.4, -0.2) is 30.3 Å². The van der Waals surface area contributed by atoms with Crippen LogP contribution in [0.5, 0.6) is 5.75 Å².